The van der Waals surface area contributed by atoms with Crippen LogP contribution in [0.4, 0.5) is 0 Å². The molecule has 0 heterocycles. The van der Waals surface area contributed by atoms with Crippen molar-refractivity contribution in [2.24, 2.45) is 5.92 Å². The van der Waals surface area contributed by atoms with Gasteiger partial charge in [0.05, 0.1) is 17.2 Å². The summed E-state index contributed by atoms with van der Waals surface area (Å²) in [7, 11) is 1.50. The van der Waals surface area contributed by atoms with Gasteiger partial charge in [0.25, 0.3) is 5.91 Å². The van der Waals surface area contributed by atoms with Gasteiger partial charge in [-0.3, -0.25) is 4.79 Å². The average molecular weight is 316 g/mol. The summed E-state index contributed by atoms with van der Waals surface area (Å²) in [5.74, 6) is 0.781. The van der Waals surface area contributed by atoms with Crippen LogP contribution in [0.2, 0.25) is 10.0 Å². The van der Waals surface area contributed by atoms with Crippen LogP contribution in [0.5, 0.6) is 5.75 Å². The second-order valence-electron chi connectivity index (χ2n) is 5.31. The summed E-state index contributed by atoms with van der Waals surface area (Å²) in [5, 5.41) is 3.78. The third-order valence-electron chi connectivity index (χ3n) is 3.89. The summed E-state index contributed by atoms with van der Waals surface area (Å²) >= 11 is 12.1. The van der Waals surface area contributed by atoms with Gasteiger partial charge in [-0.25, -0.2) is 0 Å². The lowest BCUT2D eigenvalue weighted by molar-refractivity contribution is 0.0910. The normalized spacial score (nSPS) is 22.4. The smallest absolute Gasteiger partial charge is 0.251 e. The maximum absolute atomic E-state index is 12.3. The largest absolute Gasteiger partial charge is 0.494 e. The van der Waals surface area contributed by atoms with Crippen molar-refractivity contribution in [3.05, 3.63) is 27.7 Å². The lowest BCUT2D eigenvalue weighted by atomic mass is 9.86. The Balaban J connectivity index is 2.13. The van der Waals surface area contributed by atoms with E-state index in [0.29, 0.717) is 27.3 Å². The van der Waals surface area contributed by atoms with Crippen molar-refractivity contribution in [2.45, 2.75) is 38.6 Å². The highest BCUT2D eigenvalue weighted by Crippen LogP contribution is 2.34. The molecule has 5 heteroatoms. The van der Waals surface area contributed by atoms with E-state index in [1.165, 1.54) is 20.0 Å². The van der Waals surface area contributed by atoms with E-state index in [2.05, 4.69) is 12.2 Å². The lowest BCUT2D eigenvalue weighted by Gasteiger charge is -2.29. The first-order valence-corrected chi connectivity index (χ1v) is 7.62. The van der Waals surface area contributed by atoms with Gasteiger partial charge in [-0.2, -0.15) is 0 Å². The highest BCUT2D eigenvalue weighted by atomic mass is 35.5. The van der Waals surface area contributed by atoms with Crippen LogP contribution in [-0.4, -0.2) is 19.1 Å². The summed E-state index contributed by atoms with van der Waals surface area (Å²) in [6, 6.07) is 3.42. The molecule has 110 valence electrons. The zero-order chi connectivity index (χ0) is 14.7. The Hall–Kier alpha value is -0.930. The number of nitrogens with one attached hydrogen (secondary N) is 1. The molecule has 0 unspecified atom stereocenters. The van der Waals surface area contributed by atoms with Crippen LogP contribution >= 0.6 is 23.2 Å². The van der Waals surface area contributed by atoms with E-state index in [1.807, 2.05) is 0 Å². The highest BCUT2D eigenvalue weighted by molar-refractivity contribution is 6.37. The maximum atomic E-state index is 12.3. The molecule has 0 spiro atoms. The minimum atomic E-state index is -0.129. The van der Waals surface area contributed by atoms with Crippen molar-refractivity contribution in [2.75, 3.05) is 7.11 Å². The second kappa shape index (κ2) is 6.68. The Morgan fingerprint density at radius 1 is 1.25 bits per heavy atom. The van der Waals surface area contributed by atoms with Gasteiger partial charge in [-0.15, -0.1) is 0 Å². The third-order valence-corrected chi connectivity index (χ3v) is 4.45. The van der Waals surface area contributed by atoms with E-state index in [0.717, 1.165) is 12.8 Å². The number of amides is 1. The van der Waals surface area contributed by atoms with E-state index in [-0.39, 0.29) is 11.9 Å². The highest BCUT2D eigenvalue weighted by Gasteiger charge is 2.24. The van der Waals surface area contributed by atoms with Gasteiger partial charge in [0.1, 0.15) is 0 Å². The molecule has 0 saturated heterocycles. The molecule has 1 fully saturated rings. The first kappa shape index (κ1) is 15.5. The summed E-state index contributed by atoms with van der Waals surface area (Å²) in [6.07, 6.45) is 4.60. The number of rotatable bonds is 3. The zero-order valence-electron chi connectivity index (χ0n) is 11.7. The fraction of sp³-hybridized carbons (Fsp3) is 0.533. The fourth-order valence-electron chi connectivity index (χ4n) is 2.67. The lowest BCUT2D eigenvalue weighted by Crippen LogP contribution is -2.41. The van der Waals surface area contributed by atoms with Crippen LogP contribution in [0.3, 0.4) is 0 Å². The number of ether oxygens (including phenoxy) is 1. The Labute approximate surface area is 129 Å². The molecule has 1 N–H and O–H groups in total. The Bertz CT molecular complexity index is 482. The molecule has 1 aromatic carbocycles. The molecule has 0 bridgehead atoms. The number of methoxy groups -OCH3 is 1. The van der Waals surface area contributed by atoms with Crippen LogP contribution in [0, 0.1) is 5.92 Å². The molecule has 0 radical (unpaired) electrons. The Kier molecular flexibility index (Phi) is 5.17. The summed E-state index contributed by atoms with van der Waals surface area (Å²) in [4.78, 5) is 12.3. The molecule has 0 aromatic heterocycles. The standard InChI is InChI=1S/C15H19Cl2NO2/c1-9-5-3-4-6-13(9)18-15(19)10-7-11(16)14(20-2)12(17)8-10/h7-9,13H,3-6H2,1-2H3,(H,18,19)/t9-,13-/m1/s1. The minimum Gasteiger partial charge on any atom is -0.494 e. The van der Waals surface area contributed by atoms with Gasteiger partial charge in [0, 0.05) is 11.6 Å². The van der Waals surface area contributed by atoms with Crippen LogP contribution in [0.15, 0.2) is 12.1 Å². The average Bonchev–Trinajstić information content (AvgIpc) is 2.41. The SMILES string of the molecule is COc1c(Cl)cc(C(=O)N[C@@H]2CCCC[C@H]2C)cc1Cl. The molecule has 2 rings (SSSR count). The van der Waals surface area contributed by atoms with Gasteiger partial charge < -0.3 is 10.1 Å². The number of halogens is 2. The molecule has 0 aliphatic heterocycles. The van der Waals surface area contributed by atoms with E-state index in [4.69, 9.17) is 27.9 Å². The molecular weight excluding hydrogens is 297 g/mol. The van der Waals surface area contributed by atoms with E-state index >= 15 is 0 Å². The number of benzene rings is 1. The zero-order valence-corrected chi connectivity index (χ0v) is 13.2. The fourth-order valence-corrected chi connectivity index (χ4v) is 3.31. The maximum Gasteiger partial charge on any atom is 0.251 e. The monoisotopic (exact) mass is 315 g/mol. The van der Waals surface area contributed by atoms with Crippen molar-refractivity contribution >= 4 is 29.1 Å². The van der Waals surface area contributed by atoms with Gasteiger partial charge in [0.15, 0.2) is 5.75 Å². The quantitative estimate of drug-likeness (QED) is 0.902. The van der Waals surface area contributed by atoms with E-state index in [9.17, 15) is 4.79 Å². The molecule has 1 aromatic rings. The number of hydrogen-bond donors (Lipinski definition) is 1. The minimum absolute atomic E-state index is 0.129. The van der Waals surface area contributed by atoms with Crippen LogP contribution in [0.1, 0.15) is 43.0 Å². The summed E-state index contributed by atoms with van der Waals surface area (Å²) < 4.78 is 5.08. The Morgan fingerprint density at radius 2 is 1.85 bits per heavy atom. The molecule has 2 atom stereocenters. The first-order chi connectivity index (χ1) is 9.52. The molecule has 1 aliphatic rings. The predicted octanol–water partition coefficient (Wildman–Crippen LogP) is 4.31. The van der Waals surface area contributed by atoms with Crippen LogP contribution < -0.4 is 10.1 Å². The summed E-state index contributed by atoms with van der Waals surface area (Å²) in [5.41, 5.74) is 0.471. The van der Waals surface area contributed by atoms with Crippen molar-refractivity contribution in [1.82, 2.24) is 5.32 Å². The topological polar surface area (TPSA) is 38.3 Å². The van der Waals surface area contributed by atoms with Gasteiger partial charge in [-0.05, 0) is 30.9 Å². The summed E-state index contributed by atoms with van der Waals surface area (Å²) in [6.45, 7) is 2.18. The van der Waals surface area contributed by atoms with Crippen molar-refractivity contribution in [3.8, 4) is 5.75 Å². The van der Waals surface area contributed by atoms with Gasteiger partial charge in [-0.1, -0.05) is 43.0 Å². The second-order valence-corrected chi connectivity index (χ2v) is 6.13. The molecule has 3 nitrogen and oxygen atoms in total. The van der Waals surface area contributed by atoms with E-state index < -0.39 is 0 Å². The van der Waals surface area contributed by atoms with Gasteiger partial charge in [0.2, 0.25) is 0 Å². The first-order valence-electron chi connectivity index (χ1n) is 6.87. The third kappa shape index (κ3) is 3.39. The van der Waals surface area contributed by atoms with Crippen molar-refractivity contribution in [1.29, 1.82) is 0 Å². The molecule has 20 heavy (non-hydrogen) atoms. The van der Waals surface area contributed by atoms with E-state index in [1.54, 1.807) is 12.1 Å². The van der Waals surface area contributed by atoms with Crippen LogP contribution in [-0.2, 0) is 0 Å². The number of carbonyl (C=O) groups is 1. The molecular formula is C15H19Cl2NO2. The van der Waals surface area contributed by atoms with Crippen LogP contribution in [0.25, 0.3) is 0 Å². The van der Waals surface area contributed by atoms with Gasteiger partial charge >= 0.3 is 0 Å². The molecule has 1 amide bonds. The molecule has 1 saturated carbocycles. The van der Waals surface area contributed by atoms with Crippen molar-refractivity contribution < 1.29 is 9.53 Å². The number of carbonyl (C=O) groups excluding carboxylic acids is 1. The van der Waals surface area contributed by atoms with Crippen molar-refractivity contribution in [3.63, 3.8) is 0 Å². The number of hydrogen-bond acceptors (Lipinski definition) is 2. The predicted molar refractivity (Wildman–Crippen MR) is 81.9 cm³/mol. The molecule has 1 aliphatic carbocycles. The Morgan fingerprint density at radius 3 is 2.40 bits per heavy atom.